The topological polar surface area (TPSA) is 26.0 Å². The lowest BCUT2D eigenvalue weighted by molar-refractivity contribution is 0.460. The summed E-state index contributed by atoms with van der Waals surface area (Å²) in [7, 11) is 0. The average molecular weight is 243 g/mol. The summed E-state index contributed by atoms with van der Waals surface area (Å²) >= 11 is 0. The Labute approximate surface area is 111 Å². The molecule has 1 aromatic rings. The molecular weight excluding hydrogens is 218 g/mol. The van der Waals surface area contributed by atoms with Gasteiger partial charge in [-0.15, -0.1) is 6.58 Å². The van der Waals surface area contributed by atoms with Crippen LogP contribution >= 0.6 is 0 Å². The Bertz CT molecular complexity index is 364. The van der Waals surface area contributed by atoms with Crippen LogP contribution in [0.25, 0.3) is 0 Å². The van der Waals surface area contributed by atoms with Gasteiger partial charge in [0.2, 0.25) is 0 Å². The second kappa shape index (κ2) is 6.19. The summed E-state index contributed by atoms with van der Waals surface area (Å²) in [5.74, 6) is 0. The van der Waals surface area contributed by atoms with Crippen LogP contribution in [0.3, 0.4) is 0 Å². The highest BCUT2D eigenvalue weighted by Gasteiger charge is 2.48. The standard InChI is InChI=1S/C17H25N/c1-2-3-4-5-9-12-16(18)17(13-14-17)15-10-7-6-8-11-15/h2,6-8,10-11,16H,1,3-5,9,12-14,18H2. The molecule has 0 radical (unpaired) electrons. The maximum absolute atomic E-state index is 6.44. The van der Waals surface area contributed by atoms with Crippen LogP contribution in [-0.2, 0) is 5.41 Å². The minimum Gasteiger partial charge on any atom is -0.327 e. The van der Waals surface area contributed by atoms with Gasteiger partial charge in [-0.05, 0) is 37.7 Å². The quantitative estimate of drug-likeness (QED) is 0.538. The van der Waals surface area contributed by atoms with Crippen molar-refractivity contribution in [1.29, 1.82) is 0 Å². The van der Waals surface area contributed by atoms with Crippen molar-refractivity contribution in [3.05, 3.63) is 48.6 Å². The second-order valence-electron chi connectivity index (χ2n) is 5.56. The fraction of sp³-hybridized carbons (Fsp3) is 0.529. The van der Waals surface area contributed by atoms with Gasteiger partial charge in [-0.3, -0.25) is 0 Å². The molecule has 0 amide bonds. The summed E-state index contributed by atoms with van der Waals surface area (Å²) in [5.41, 5.74) is 8.19. The largest absolute Gasteiger partial charge is 0.327 e. The first-order valence-corrected chi connectivity index (χ1v) is 7.21. The number of hydrogen-bond donors (Lipinski definition) is 1. The Morgan fingerprint density at radius 2 is 1.89 bits per heavy atom. The van der Waals surface area contributed by atoms with Gasteiger partial charge in [0.25, 0.3) is 0 Å². The highest BCUT2D eigenvalue weighted by atomic mass is 14.7. The Kier molecular flexibility index (Phi) is 4.60. The fourth-order valence-electron chi connectivity index (χ4n) is 2.88. The molecule has 2 N–H and O–H groups in total. The normalized spacial score (nSPS) is 18.3. The predicted octanol–water partition coefficient (Wildman–Crippen LogP) is 4.18. The molecule has 1 nitrogen and oxygen atoms in total. The molecule has 0 bridgehead atoms. The minimum atomic E-state index is 0.305. The van der Waals surface area contributed by atoms with E-state index in [0.717, 1.165) is 12.8 Å². The predicted molar refractivity (Wildman–Crippen MR) is 78.6 cm³/mol. The van der Waals surface area contributed by atoms with E-state index >= 15 is 0 Å². The van der Waals surface area contributed by atoms with Crippen LogP contribution in [0.2, 0.25) is 0 Å². The van der Waals surface area contributed by atoms with Crippen molar-refractivity contribution >= 4 is 0 Å². The van der Waals surface area contributed by atoms with Gasteiger partial charge in [0.1, 0.15) is 0 Å². The molecular formula is C17H25N. The summed E-state index contributed by atoms with van der Waals surface area (Å²) < 4.78 is 0. The first kappa shape index (κ1) is 13.4. The lowest BCUT2D eigenvalue weighted by Gasteiger charge is -2.24. The molecule has 2 rings (SSSR count). The molecule has 1 aromatic carbocycles. The summed E-state index contributed by atoms with van der Waals surface area (Å²) in [6.07, 6.45) is 10.6. The van der Waals surface area contributed by atoms with E-state index in [1.165, 1.54) is 37.7 Å². The maximum Gasteiger partial charge on any atom is 0.0136 e. The van der Waals surface area contributed by atoms with Gasteiger partial charge in [-0.2, -0.15) is 0 Å². The molecule has 0 saturated heterocycles. The van der Waals surface area contributed by atoms with Crippen molar-refractivity contribution in [1.82, 2.24) is 0 Å². The molecule has 1 aliphatic carbocycles. The molecule has 1 unspecified atom stereocenters. The van der Waals surface area contributed by atoms with Crippen molar-refractivity contribution in [3.8, 4) is 0 Å². The van der Waals surface area contributed by atoms with Crippen molar-refractivity contribution in [2.24, 2.45) is 5.73 Å². The smallest absolute Gasteiger partial charge is 0.0136 e. The van der Waals surface area contributed by atoms with E-state index in [1.54, 1.807) is 0 Å². The van der Waals surface area contributed by atoms with E-state index in [1.807, 2.05) is 6.08 Å². The number of nitrogens with two attached hydrogens (primary N) is 1. The number of unbranched alkanes of at least 4 members (excludes halogenated alkanes) is 3. The molecule has 1 saturated carbocycles. The molecule has 1 fully saturated rings. The number of rotatable bonds is 8. The van der Waals surface area contributed by atoms with E-state index in [-0.39, 0.29) is 0 Å². The molecule has 1 aliphatic rings. The van der Waals surface area contributed by atoms with Gasteiger partial charge in [0, 0.05) is 11.5 Å². The number of hydrogen-bond acceptors (Lipinski definition) is 1. The van der Waals surface area contributed by atoms with Crippen LogP contribution in [0.4, 0.5) is 0 Å². The number of benzene rings is 1. The van der Waals surface area contributed by atoms with Crippen molar-refractivity contribution in [3.63, 3.8) is 0 Å². The van der Waals surface area contributed by atoms with Crippen LogP contribution < -0.4 is 5.73 Å². The lowest BCUT2D eigenvalue weighted by atomic mass is 9.85. The zero-order valence-corrected chi connectivity index (χ0v) is 11.3. The molecule has 0 aromatic heterocycles. The van der Waals surface area contributed by atoms with Crippen molar-refractivity contribution in [2.45, 2.75) is 56.4 Å². The van der Waals surface area contributed by atoms with Crippen molar-refractivity contribution in [2.75, 3.05) is 0 Å². The van der Waals surface area contributed by atoms with Crippen LogP contribution in [-0.4, -0.2) is 6.04 Å². The van der Waals surface area contributed by atoms with E-state index in [2.05, 4.69) is 36.9 Å². The van der Waals surface area contributed by atoms with E-state index in [9.17, 15) is 0 Å². The van der Waals surface area contributed by atoms with E-state index in [0.29, 0.717) is 11.5 Å². The van der Waals surface area contributed by atoms with Gasteiger partial charge >= 0.3 is 0 Å². The Morgan fingerprint density at radius 1 is 1.17 bits per heavy atom. The first-order chi connectivity index (χ1) is 8.79. The van der Waals surface area contributed by atoms with Gasteiger partial charge in [0.15, 0.2) is 0 Å². The van der Waals surface area contributed by atoms with Gasteiger partial charge in [0.05, 0.1) is 0 Å². The highest BCUT2D eigenvalue weighted by Crippen LogP contribution is 2.51. The third-order valence-electron chi connectivity index (χ3n) is 4.27. The summed E-state index contributed by atoms with van der Waals surface area (Å²) in [6, 6.07) is 11.2. The first-order valence-electron chi connectivity index (χ1n) is 7.21. The highest BCUT2D eigenvalue weighted by molar-refractivity contribution is 5.33. The molecule has 1 atom stereocenters. The Hall–Kier alpha value is -1.08. The van der Waals surface area contributed by atoms with Crippen LogP contribution in [0.15, 0.2) is 43.0 Å². The lowest BCUT2D eigenvalue weighted by Crippen LogP contribution is -2.34. The average Bonchev–Trinajstić information content (AvgIpc) is 3.21. The van der Waals surface area contributed by atoms with E-state index in [4.69, 9.17) is 5.73 Å². The number of allylic oxidation sites excluding steroid dienone is 1. The molecule has 98 valence electrons. The minimum absolute atomic E-state index is 0.305. The van der Waals surface area contributed by atoms with E-state index < -0.39 is 0 Å². The molecule has 0 aliphatic heterocycles. The summed E-state index contributed by atoms with van der Waals surface area (Å²) in [6.45, 7) is 3.76. The Morgan fingerprint density at radius 3 is 2.50 bits per heavy atom. The molecule has 1 heteroatoms. The third kappa shape index (κ3) is 3.02. The third-order valence-corrected chi connectivity index (χ3v) is 4.27. The molecule has 18 heavy (non-hydrogen) atoms. The second-order valence-corrected chi connectivity index (χ2v) is 5.56. The van der Waals surface area contributed by atoms with Gasteiger partial charge in [-0.1, -0.05) is 49.2 Å². The monoisotopic (exact) mass is 243 g/mol. The Balaban J connectivity index is 1.82. The molecule has 0 heterocycles. The maximum atomic E-state index is 6.44. The SMILES string of the molecule is C=CCCCCCC(N)C1(c2ccccc2)CC1. The van der Waals surface area contributed by atoms with Gasteiger partial charge in [-0.25, -0.2) is 0 Å². The fourth-order valence-corrected chi connectivity index (χ4v) is 2.88. The molecule has 0 spiro atoms. The summed E-state index contributed by atoms with van der Waals surface area (Å²) in [5, 5.41) is 0. The zero-order chi connectivity index (χ0) is 12.8. The van der Waals surface area contributed by atoms with Crippen molar-refractivity contribution < 1.29 is 0 Å². The zero-order valence-electron chi connectivity index (χ0n) is 11.3. The van der Waals surface area contributed by atoms with Gasteiger partial charge < -0.3 is 5.73 Å². The van der Waals surface area contributed by atoms with Crippen LogP contribution in [0.1, 0.15) is 50.5 Å². The van der Waals surface area contributed by atoms with Crippen LogP contribution in [0, 0.1) is 0 Å². The van der Waals surface area contributed by atoms with Crippen LogP contribution in [0.5, 0.6) is 0 Å². The summed E-state index contributed by atoms with van der Waals surface area (Å²) in [4.78, 5) is 0.